The van der Waals surface area contributed by atoms with Crippen LogP contribution in [-0.4, -0.2) is 0 Å². The molecule has 1 heterocycles. The second-order valence-corrected chi connectivity index (χ2v) is 2.10. The molecule has 2 heteroatoms. The lowest BCUT2D eigenvalue weighted by atomic mass is 10.1. The van der Waals surface area contributed by atoms with Crippen LogP contribution >= 0.6 is 0 Å². The summed E-state index contributed by atoms with van der Waals surface area (Å²) in [5, 5.41) is 2.88. The van der Waals surface area contributed by atoms with E-state index >= 15 is 0 Å². The van der Waals surface area contributed by atoms with Crippen molar-refractivity contribution in [2.24, 2.45) is 5.73 Å². The Bertz CT molecular complexity index is 199. The quantitative estimate of drug-likeness (QED) is 0.500. The minimum Gasteiger partial charge on any atom is -0.385 e. The van der Waals surface area contributed by atoms with E-state index < -0.39 is 0 Å². The maximum atomic E-state index is 5.43. The summed E-state index contributed by atoms with van der Waals surface area (Å²) in [6.45, 7) is 5.77. The lowest BCUT2D eigenvalue weighted by Crippen LogP contribution is -2.17. The van der Waals surface area contributed by atoms with E-state index in [0.29, 0.717) is 5.82 Å². The summed E-state index contributed by atoms with van der Waals surface area (Å²) < 4.78 is 0. The molecular weight excluding hydrogens is 112 g/mol. The zero-order valence-corrected chi connectivity index (χ0v) is 5.44. The number of hydrogen-bond acceptors (Lipinski definition) is 2. The summed E-state index contributed by atoms with van der Waals surface area (Å²) in [6.07, 6.45) is 3.66. The van der Waals surface area contributed by atoms with Crippen LogP contribution in [0.2, 0.25) is 0 Å². The molecule has 0 fully saturated rings. The van der Waals surface area contributed by atoms with E-state index in [1.807, 2.05) is 19.2 Å². The first kappa shape index (κ1) is 5.95. The molecule has 0 amide bonds. The van der Waals surface area contributed by atoms with Gasteiger partial charge >= 0.3 is 0 Å². The summed E-state index contributed by atoms with van der Waals surface area (Å²) in [5.41, 5.74) is 7.54. The number of allylic oxidation sites excluding steroid dienone is 3. The SMILES string of the molecule is C=C1C=C(N)NC=C1C. The number of rotatable bonds is 0. The minimum atomic E-state index is 0.658. The van der Waals surface area contributed by atoms with Crippen molar-refractivity contribution in [2.45, 2.75) is 6.92 Å². The van der Waals surface area contributed by atoms with Crippen LogP contribution in [-0.2, 0) is 0 Å². The summed E-state index contributed by atoms with van der Waals surface area (Å²) in [5.74, 6) is 0.658. The van der Waals surface area contributed by atoms with Gasteiger partial charge in [-0.15, -0.1) is 0 Å². The van der Waals surface area contributed by atoms with Crippen LogP contribution in [0.3, 0.4) is 0 Å². The van der Waals surface area contributed by atoms with Crippen molar-refractivity contribution in [3.05, 3.63) is 35.8 Å². The van der Waals surface area contributed by atoms with Crippen LogP contribution in [0.25, 0.3) is 0 Å². The molecule has 0 bridgehead atoms. The summed E-state index contributed by atoms with van der Waals surface area (Å²) in [4.78, 5) is 0. The van der Waals surface area contributed by atoms with Gasteiger partial charge in [-0.3, -0.25) is 0 Å². The Morgan fingerprint density at radius 1 is 1.67 bits per heavy atom. The van der Waals surface area contributed by atoms with Crippen molar-refractivity contribution in [2.75, 3.05) is 0 Å². The molecule has 0 aromatic carbocycles. The molecule has 0 atom stereocenters. The molecule has 0 aromatic heterocycles. The van der Waals surface area contributed by atoms with E-state index in [1.165, 1.54) is 0 Å². The fourth-order valence-corrected chi connectivity index (χ4v) is 0.627. The lowest BCUT2D eigenvalue weighted by Gasteiger charge is -2.10. The number of nitrogens with one attached hydrogen (secondary N) is 1. The van der Waals surface area contributed by atoms with Gasteiger partial charge in [-0.2, -0.15) is 0 Å². The number of hydrogen-bond donors (Lipinski definition) is 2. The highest BCUT2D eigenvalue weighted by Gasteiger charge is 1.99. The van der Waals surface area contributed by atoms with E-state index in [-0.39, 0.29) is 0 Å². The van der Waals surface area contributed by atoms with E-state index in [2.05, 4.69) is 11.9 Å². The molecule has 0 radical (unpaired) electrons. The topological polar surface area (TPSA) is 38.0 Å². The third-order valence-corrected chi connectivity index (χ3v) is 1.29. The molecule has 3 N–H and O–H groups in total. The zero-order valence-electron chi connectivity index (χ0n) is 5.44. The van der Waals surface area contributed by atoms with Gasteiger partial charge in [-0.05, 0) is 24.1 Å². The Labute approximate surface area is 54.7 Å². The minimum absolute atomic E-state index is 0.658. The van der Waals surface area contributed by atoms with Crippen LogP contribution in [0.15, 0.2) is 35.8 Å². The molecule has 0 saturated carbocycles. The van der Waals surface area contributed by atoms with Gasteiger partial charge in [0.1, 0.15) is 5.82 Å². The van der Waals surface area contributed by atoms with Crippen molar-refractivity contribution in [1.82, 2.24) is 5.32 Å². The van der Waals surface area contributed by atoms with Gasteiger partial charge in [0, 0.05) is 6.20 Å². The molecule has 0 aromatic rings. The molecule has 48 valence electrons. The van der Waals surface area contributed by atoms with Gasteiger partial charge in [0.15, 0.2) is 0 Å². The van der Waals surface area contributed by atoms with E-state index in [1.54, 1.807) is 0 Å². The highest BCUT2D eigenvalue weighted by Crippen LogP contribution is 2.10. The molecule has 1 rings (SSSR count). The maximum Gasteiger partial charge on any atom is 0.101 e. The van der Waals surface area contributed by atoms with Gasteiger partial charge in [0.25, 0.3) is 0 Å². The van der Waals surface area contributed by atoms with Crippen molar-refractivity contribution in [3.8, 4) is 0 Å². The molecule has 0 aliphatic carbocycles. The predicted octanol–water partition coefficient (Wildman–Crippen LogP) is 0.850. The summed E-state index contributed by atoms with van der Waals surface area (Å²) in [6, 6.07) is 0. The Morgan fingerprint density at radius 2 is 2.33 bits per heavy atom. The predicted molar refractivity (Wildman–Crippen MR) is 38.3 cm³/mol. The first-order chi connectivity index (χ1) is 4.20. The van der Waals surface area contributed by atoms with Crippen molar-refractivity contribution in [1.29, 1.82) is 0 Å². The average molecular weight is 122 g/mol. The fraction of sp³-hybridized carbons (Fsp3) is 0.143. The molecule has 0 unspecified atom stereocenters. The largest absolute Gasteiger partial charge is 0.385 e. The lowest BCUT2D eigenvalue weighted by molar-refractivity contribution is 0.988. The first-order valence-electron chi connectivity index (χ1n) is 2.80. The maximum absolute atomic E-state index is 5.43. The van der Waals surface area contributed by atoms with Crippen LogP contribution < -0.4 is 11.1 Å². The third-order valence-electron chi connectivity index (χ3n) is 1.29. The van der Waals surface area contributed by atoms with Crippen molar-refractivity contribution in [3.63, 3.8) is 0 Å². The van der Waals surface area contributed by atoms with E-state index in [0.717, 1.165) is 11.1 Å². The molecular formula is C7H10N2. The second-order valence-electron chi connectivity index (χ2n) is 2.10. The molecule has 9 heavy (non-hydrogen) atoms. The standard InChI is InChI=1S/C7H10N2/c1-5-3-7(8)9-4-6(5)2/h3-4,9H,1,8H2,2H3. The third kappa shape index (κ3) is 1.13. The average Bonchev–Trinajstić information content (AvgIpc) is 1.80. The highest BCUT2D eigenvalue weighted by molar-refractivity contribution is 5.40. The zero-order chi connectivity index (χ0) is 6.85. The van der Waals surface area contributed by atoms with Crippen LogP contribution in [0, 0.1) is 0 Å². The Balaban J connectivity index is 2.82. The summed E-state index contributed by atoms with van der Waals surface area (Å²) >= 11 is 0. The molecule has 0 spiro atoms. The Morgan fingerprint density at radius 3 is 2.78 bits per heavy atom. The van der Waals surface area contributed by atoms with Gasteiger partial charge in [0.05, 0.1) is 0 Å². The monoisotopic (exact) mass is 122 g/mol. The molecule has 1 aliphatic heterocycles. The van der Waals surface area contributed by atoms with Gasteiger partial charge in [-0.1, -0.05) is 6.58 Å². The van der Waals surface area contributed by atoms with Crippen LogP contribution in [0.1, 0.15) is 6.92 Å². The van der Waals surface area contributed by atoms with Gasteiger partial charge < -0.3 is 11.1 Å². The van der Waals surface area contributed by atoms with Crippen LogP contribution in [0.4, 0.5) is 0 Å². The number of dihydropyridines is 1. The second kappa shape index (κ2) is 1.97. The molecule has 1 aliphatic rings. The van der Waals surface area contributed by atoms with Crippen molar-refractivity contribution >= 4 is 0 Å². The fourth-order valence-electron chi connectivity index (χ4n) is 0.627. The van der Waals surface area contributed by atoms with Gasteiger partial charge in [0.2, 0.25) is 0 Å². The Kier molecular flexibility index (Phi) is 1.30. The van der Waals surface area contributed by atoms with E-state index in [9.17, 15) is 0 Å². The molecule has 0 saturated heterocycles. The Hall–Kier alpha value is -1.18. The van der Waals surface area contributed by atoms with Gasteiger partial charge in [-0.25, -0.2) is 0 Å². The molecule has 2 nitrogen and oxygen atoms in total. The van der Waals surface area contributed by atoms with Crippen LogP contribution in [0.5, 0.6) is 0 Å². The normalized spacial score (nSPS) is 18.1. The van der Waals surface area contributed by atoms with E-state index in [4.69, 9.17) is 5.73 Å². The first-order valence-corrected chi connectivity index (χ1v) is 2.80. The van der Waals surface area contributed by atoms with Crippen molar-refractivity contribution < 1.29 is 0 Å². The summed E-state index contributed by atoms with van der Waals surface area (Å²) in [7, 11) is 0. The number of nitrogens with two attached hydrogens (primary N) is 1. The highest BCUT2D eigenvalue weighted by atomic mass is 15.0. The smallest absolute Gasteiger partial charge is 0.101 e.